The van der Waals surface area contributed by atoms with Crippen molar-refractivity contribution in [3.05, 3.63) is 94.1 Å². The van der Waals surface area contributed by atoms with E-state index in [9.17, 15) is 28.7 Å². The van der Waals surface area contributed by atoms with Crippen LogP contribution in [0.1, 0.15) is 46.1 Å². The monoisotopic (exact) mass is 653 g/mol. The lowest BCUT2D eigenvalue weighted by Gasteiger charge is -2.30. The number of fused-ring (bicyclic) bond motifs is 2. The number of hydrogen-bond acceptors (Lipinski definition) is 9. The number of carbonyl (C=O) groups excluding carboxylic acids is 4. The van der Waals surface area contributed by atoms with Crippen molar-refractivity contribution in [2.75, 3.05) is 14.2 Å². The maximum atomic E-state index is 13.8. The normalized spacial score (nSPS) is 29.5. The van der Waals surface area contributed by atoms with Crippen LogP contribution in [0.5, 0.6) is 0 Å². The summed E-state index contributed by atoms with van der Waals surface area (Å²) < 4.78 is 30.1. The maximum absolute atomic E-state index is 13.8. The number of hydrogen-bond donors (Lipinski definition) is 4. The third kappa shape index (κ3) is 10.0. The molecule has 1 aromatic carbocycles. The van der Waals surface area contributed by atoms with E-state index in [1.165, 1.54) is 45.4 Å². The van der Waals surface area contributed by atoms with Gasteiger partial charge in [0.05, 0.1) is 23.6 Å². The summed E-state index contributed by atoms with van der Waals surface area (Å²) in [7, 11) is 2.89. The Kier molecular flexibility index (Phi) is 13.4. The zero-order valence-corrected chi connectivity index (χ0v) is 27.5. The molecular formula is C35H44FN3O8. The summed E-state index contributed by atoms with van der Waals surface area (Å²) in [5.41, 5.74) is 6.91. The molecule has 0 saturated heterocycles. The molecule has 0 fully saturated rings. The largest absolute Gasteiger partial charge is 0.439 e. The lowest BCUT2D eigenvalue weighted by Crippen LogP contribution is -2.37. The van der Waals surface area contributed by atoms with E-state index in [0.29, 0.717) is 17.6 Å². The Morgan fingerprint density at radius 3 is 2.40 bits per heavy atom. The van der Waals surface area contributed by atoms with Crippen LogP contribution >= 0.6 is 0 Å². The summed E-state index contributed by atoms with van der Waals surface area (Å²) in [6.45, 7) is 7.06. The fraction of sp³-hybridized carbons (Fsp3) is 0.429. The SMILES string of the molecule is COC1/C=C\C=C(/C)C(=O)NC2=CC(=O)C(NCc3ccc(F)cc3)=C(C[C@@H](C)C[C@H](OC)[C@H](O)[C@@H](C)/C=C(\C)[C@@H]1OC(N)=O)C2=O. The highest BCUT2D eigenvalue weighted by atomic mass is 19.1. The number of aliphatic hydroxyl groups excluding tert-OH is 1. The van der Waals surface area contributed by atoms with E-state index < -0.39 is 59.7 Å². The number of ether oxygens (including phenoxy) is 3. The van der Waals surface area contributed by atoms with E-state index in [1.54, 1.807) is 38.1 Å². The molecule has 1 aromatic rings. The summed E-state index contributed by atoms with van der Waals surface area (Å²) in [5.74, 6) is -2.78. The van der Waals surface area contributed by atoms with Gasteiger partial charge in [0.1, 0.15) is 11.9 Å². The summed E-state index contributed by atoms with van der Waals surface area (Å²) in [6.07, 6.45) is 3.43. The van der Waals surface area contributed by atoms with Crippen LogP contribution in [0.4, 0.5) is 9.18 Å². The van der Waals surface area contributed by atoms with E-state index >= 15 is 0 Å². The van der Waals surface area contributed by atoms with Crippen molar-refractivity contribution in [1.29, 1.82) is 0 Å². The number of aliphatic hydroxyl groups is 1. The molecule has 6 atom stereocenters. The van der Waals surface area contributed by atoms with E-state index in [2.05, 4.69) is 10.6 Å². The Morgan fingerprint density at radius 1 is 1.11 bits per heavy atom. The molecule has 5 N–H and O–H groups in total. The summed E-state index contributed by atoms with van der Waals surface area (Å²) in [6, 6.07) is 5.74. The topological polar surface area (TPSA) is 166 Å². The first-order valence-electron chi connectivity index (χ1n) is 15.3. The third-order valence-corrected chi connectivity index (χ3v) is 8.18. The number of carbonyl (C=O) groups is 4. The highest BCUT2D eigenvalue weighted by Crippen LogP contribution is 2.29. The van der Waals surface area contributed by atoms with Crippen molar-refractivity contribution < 1.29 is 42.9 Å². The number of nitrogens with two attached hydrogens (primary N) is 1. The van der Waals surface area contributed by atoms with Gasteiger partial charge in [0.25, 0.3) is 5.91 Å². The second-order valence-corrected chi connectivity index (χ2v) is 11.9. The van der Waals surface area contributed by atoms with Gasteiger partial charge >= 0.3 is 6.09 Å². The van der Waals surface area contributed by atoms with Crippen molar-refractivity contribution in [3.8, 4) is 0 Å². The number of halogens is 1. The van der Waals surface area contributed by atoms with Gasteiger partial charge in [0.2, 0.25) is 11.6 Å². The Morgan fingerprint density at radius 2 is 1.79 bits per heavy atom. The van der Waals surface area contributed by atoms with E-state index in [4.69, 9.17) is 19.9 Å². The summed E-state index contributed by atoms with van der Waals surface area (Å²) in [4.78, 5) is 52.1. The molecule has 11 nitrogen and oxygen atoms in total. The van der Waals surface area contributed by atoms with Crippen molar-refractivity contribution in [3.63, 3.8) is 0 Å². The average Bonchev–Trinajstić information content (AvgIpc) is 3.02. The average molecular weight is 654 g/mol. The highest BCUT2D eigenvalue weighted by Gasteiger charge is 2.33. The van der Waals surface area contributed by atoms with E-state index in [0.717, 1.165) is 6.08 Å². The lowest BCUT2D eigenvalue weighted by molar-refractivity contribution is -0.120. The Labute approximate surface area is 274 Å². The number of rotatable bonds is 6. The minimum absolute atomic E-state index is 0.0813. The molecule has 12 heteroatoms. The maximum Gasteiger partial charge on any atom is 0.405 e. The van der Waals surface area contributed by atoms with Crippen LogP contribution in [0.15, 0.2) is 82.8 Å². The third-order valence-electron chi connectivity index (χ3n) is 8.18. The summed E-state index contributed by atoms with van der Waals surface area (Å²) >= 11 is 0. The van der Waals surface area contributed by atoms with Gasteiger partial charge in [-0.25, -0.2) is 9.18 Å². The highest BCUT2D eigenvalue weighted by molar-refractivity contribution is 6.23. The van der Waals surface area contributed by atoms with E-state index in [-0.39, 0.29) is 41.4 Å². The standard InChI is InChI=1S/C35H44FN3O8/c1-19-14-25-30(38-18-23-10-12-24(36)13-11-23)27(40)17-26(32(25)42)39-34(43)20(2)8-7-9-28(45-5)33(47-35(37)44)22(4)16-21(3)31(41)29(15-19)46-6/h7-13,16-17,19,21,28-29,31,33,38,41H,14-15,18H2,1-6H3,(H2,37,44)(H,39,43)/b9-7-,20-8+,22-16+/t19-,21+,28?,29+,31-,33+/m1/s1. The van der Waals surface area contributed by atoms with E-state index in [1.807, 2.05) is 6.92 Å². The first kappa shape index (κ1) is 37.1. The van der Waals surface area contributed by atoms with Crippen LogP contribution in [0.25, 0.3) is 0 Å². The number of ketones is 2. The molecule has 1 aliphatic heterocycles. The van der Waals surface area contributed by atoms with Gasteiger partial charge < -0.3 is 35.7 Å². The summed E-state index contributed by atoms with van der Waals surface area (Å²) in [5, 5.41) is 16.9. The van der Waals surface area contributed by atoms with Crippen LogP contribution in [-0.2, 0) is 35.1 Å². The molecule has 1 unspecified atom stereocenters. The number of Topliss-reactive ketones (excluding diaryl/α,β-unsaturated/α-hetero) is 1. The molecule has 0 radical (unpaired) electrons. The molecule has 1 heterocycles. The second kappa shape index (κ2) is 17.0. The molecule has 254 valence electrons. The Bertz CT molecular complexity index is 1490. The van der Waals surface area contributed by atoms with Gasteiger partial charge in [-0.3, -0.25) is 14.4 Å². The van der Waals surface area contributed by atoms with Crippen LogP contribution in [-0.4, -0.2) is 67.3 Å². The van der Waals surface area contributed by atoms with Gasteiger partial charge in [-0.05, 0) is 55.9 Å². The van der Waals surface area contributed by atoms with Crippen LogP contribution < -0.4 is 16.4 Å². The molecule has 0 saturated carbocycles. The van der Waals surface area contributed by atoms with Crippen LogP contribution in [0.3, 0.4) is 0 Å². The second-order valence-electron chi connectivity index (χ2n) is 11.9. The molecule has 2 bridgehead atoms. The number of primary amides is 1. The molecule has 0 spiro atoms. The van der Waals surface area contributed by atoms with Gasteiger partial charge in [-0.15, -0.1) is 0 Å². The molecular weight excluding hydrogens is 609 g/mol. The predicted molar refractivity (Wildman–Crippen MR) is 173 cm³/mol. The fourth-order valence-corrected chi connectivity index (χ4v) is 5.57. The zero-order chi connectivity index (χ0) is 34.8. The number of benzene rings is 1. The van der Waals surface area contributed by atoms with Crippen molar-refractivity contribution in [2.24, 2.45) is 17.6 Å². The smallest absolute Gasteiger partial charge is 0.405 e. The zero-order valence-electron chi connectivity index (χ0n) is 27.5. The Hall–Kier alpha value is -4.39. The number of allylic oxidation sites excluding steroid dienone is 4. The van der Waals surface area contributed by atoms with Crippen molar-refractivity contribution in [2.45, 2.75) is 71.5 Å². The minimum atomic E-state index is -1.01. The molecule has 1 aliphatic carbocycles. The lowest BCUT2D eigenvalue weighted by atomic mass is 9.85. The van der Waals surface area contributed by atoms with Gasteiger partial charge in [-0.1, -0.05) is 50.3 Å². The predicted octanol–water partition coefficient (Wildman–Crippen LogP) is 3.69. The van der Waals surface area contributed by atoms with Crippen molar-refractivity contribution in [1.82, 2.24) is 10.6 Å². The van der Waals surface area contributed by atoms with Crippen LogP contribution in [0.2, 0.25) is 0 Å². The Balaban J connectivity index is 2.06. The first-order valence-corrected chi connectivity index (χ1v) is 15.3. The molecule has 0 aromatic heterocycles. The van der Waals surface area contributed by atoms with Gasteiger partial charge in [0, 0.05) is 43.9 Å². The minimum Gasteiger partial charge on any atom is -0.439 e. The van der Waals surface area contributed by atoms with Crippen molar-refractivity contribution >= 4 is 23.6 Å². The number of nitrogens with one attached hydrogen (secondary N) is 2. The van der Waals surface area contributed by atoms with Crippen LogP contribution in [0, 0.1) is 17.7 Å². The number of amides is 2. The molecule has 2 amide bonds. The number of methoxy groups -OCH3 is 2. The molecule has 47 heavy (non-hydrogen) atoms. The van der Waals surface area contributed by atoms with Gasteiger partial charge in [-0.2, -0.15) is 0 Å². The quantitative estimate of drug-likeness (QED) is 0.265. The molecule has 3 rings (SSSR count). The fourth-order valence-electron chi connectivity index (χ4n) is 5.57. The molecule has 2 aliphatic rings. The van der Waals surface area contributed by atoms with Gasteiger partial charge in [0.15, 0.2) is 6.10 Å². The first-order chi connectivity index (χ1) is 22.2.